The van der Waals surface area contributed by atoms with Gasteiger partial charge in [-0.2, -0.15) is 0 Å². The van der Waals surface area contributed by atoms with E-state index in [1.165, 1.54) is 18.2 Å². The average Bonchev–Trinajstić information content (AvgIpc) is 3.05. The Bertz CT molecular complexity index is 1230. The van der Waals surface area contributed by atoms with Crippen LogP contribution in [0.1, 0.15) is 35.2 Å². The fourth-order valence-corrected chi connectivity index (χ4v) is 4.95. The lowest BCUT2D eigenvalue weighted by Gasteiger charge is -2.43. The minimum Gasteiger partial charge on any atom is -0.486 e. The molecule has 6 nitrogen and oxygen atoms in total. The van der Waals surface area contributed by atoms with Gasteiger partial charge in [-0.1, -0.05) is 17.7 Å². The van der Waals surface area contributed by atoms with Gasteiger partial charge in [-0.3, -0.25) is 4.79 Å². The van der Waals surface area contributed by atoms with Gasteiger partial charge in [-0.15, -0.1) is 0 Å². The molecule has 0 unspecified atom stereocenters. The van der Waals surface area contributed by atoms with E-state index in [0.717, 1.165) is 16.5 Å². The number of carbonyl (C=O) groups is 2. The standard InChI is InChI=1S/C24H23ClFN3O3/c1-28-14-19(25)18-10-15(2-5-20(18)28)13-27-23(31)29-8-6-24(7-9-29)12-21(30)17-4-3-16(26)11-22(17)32-24/h2-5,10-11,14H,6-9,12-13H2,1H3,(H,27,31). The van der Waals surface area contributed by atoms with Crippen molar-refractivity contribution in [3.8, 4) is 5.75 Å². The number of piperidine rings is 1. The van der Waals surface area contributed by atoms with Gasteiger partial charge in [-0.05, 0) is 29.8 Å². The van der Waals surface area contributed by atoms with Crippen LogP contribution in [0.5, 0.6) is 5.75 Å². The summed E-state index contributed by atoms with van der Waals surface area (Å²) in [5.74, 6) is -0.173. The molecule has 3 heterocycles. The summed E-state index contributed by atoms with van der Waals surface area (Å²) in [6.07, 6.45) is 3.16. The van der Waals surface area contributed by atoms with Crippen LogP contribution in [0.3, 0.4) is 0 Å². The van der Waals surface area contributed by atoms with Crippen molar-refractivity contribution in [3.05, 3.63) is 64.6 Å². The van der Waals surface area contributed by atoms with Gasteiger partial charge in [0.15, 0.2) is 5.78 Å². The number of fused-ring (bicyclic) bond motifs is 2. The summed E-state index contributed by atoms with van der Waals surface area (Å²) in [5.41, 5.74) is 1.75. The molecular weight excluding hydrogens is 433 g/mol. The highest BCUT2D eigenvalue weighted by Crippen LogP contribution is 2.39. The molecule has 3 aromatic rings. The Kier molecular flexibility index (Phi) is 5.08. The lowest BCUT2D eigenvalue weighted by Crippen LogP contribution is -2.54. The van der Waals surface area contributed by atoms with E-state index in [9.17, 15) is 14.0 Å². The molecule has 2 aliphatic heterocycles. The zero-order valence-electron chi connectivity index (χ0n) is 17.7. The molecule has 0 aliphatic carbocycles. The molecule has 1 aromatic heterocycles. The Morgan fingerprint density at radius 3 is 2.78 bits per heavy atom. The van der Waals surface area contributed by atoms with E-state index in [1.807, 2.05) is 36.0 Å². The zero-order valence-corrected chi connectivity index (χ0v) is 18.4. The van der Waals surface area contributed by atoms with Gasteiger partial charge in [0.2, 0.25) is 0 Å². The second-order valence-electron chi connectivity index (χ2n) is 8.61. The number of rotatable bonds is 2. The number of Topliss-reactive ketones (excluding diaryl/α,β-unsaturated/α-hetero) is 1. The number of aromatic nitrogens is 1. The zero-order chi connectivity index (χ0) is 22.5. The second-order valence-corrected chi connectivity index (χ2v) is 9.02. The fourth-order valence-electron chi connectivity index (χ4n) is 4.65. The van der Waals surface area contributed by atoms with Crippen LogP contribution in [0.2, 0.25) is 5.02 Å². The minimum atomic E-state index is -0.677. The summed E-state index contributed by atoms with van der Waals surface area (Å²) in [5, 5.41) is 4.60. The second kappa shape index (κ2) is 7.81. The Morgan fingerprint density at radius 1 is 1.22 bits per heavy atom. The monoisotopic (exact) mass is 455 g/mol. The van der Waals surface area contributed by atoms with Crippen molar-refractivity contribution in [1.82, 2.24) is 14.8 Å². The van der Waals surface area contributed by atoms with Crippen LogP contribution in [0, 0.1) is 5.82 Å². The third kappa shape index (κ3) is 3.71. The quantitative estimate of drug-likeness (QED) is 0.610. The molecule has 1 saturated heterocycles. The maximum Gasteiger partial charge on any atom is 0.317 e. The first-order valence-electron chi connectivity index (χ1n) is 10.6. The molecule has 2 amide bonds. The fraction of sp³-hybridized carbons (Fsp3) is 0.333. The summed E-state index contributed by atoms with van der Waals surface area (Å²) < 4.78 is 21.7. The van der Waals surface area contributed by atoms with Crippen molar-refractivity contribution in [2.24, 2.45) is 7.05 Å². The van der Waals surface area contributed by atoms with Gasteiger partial charge in [0.1, 0.15) is 17.2 Å². The lowest BCUT2D eigenvalue weighted by molar-refractivity contribution is -0.000901. The predicted molar refractivity (Wildman–Crippen MR) is 120 cm³/mol. The SMILES string of the molecule is Cn1cc(Cl)c2cc(CNC(=O)N3CCC4(CC3)CC(=O)c3ccc(F)cc3O4)ccc21. The Hall–Kier alpha value is -3.06. The van der Waals surface area contributed by atoms with Crippen LogP contribution in [0.4, 0.5) is 9.18 Å². The van der Waals surface area contributed by atoms with Gasteiger partial charge in [0.25, 0.3) is 0 Å². The van der Waals surface area contributed by atoms with Crippen molar-refractivity contribution in [1.29, 1.82) is 0 Å². The molecular formula is C24H23ClFN3O3. The maximum absolute atomic E-state index is 13.6. The Labute approximate surface area is 189 Å². The third-order valence-electron chi connectivity index (χ3n) is 6.46. The molecule has 166 valence electrons. The number of hydrogen-bond acceptors (Lipinski definition) is 3. The van der Waals surface area contributed by atoms with Crippen molar-refractivity contribution in [2.75, 3.05) is 13.1 Å². The van der Waals surface area contributed by atoms with Gasteiger partial charge in [0.05, 0.1) is 17.0 Å². The molecule has 0 radical (unpaired) electrons. The molecule has 1 N–H and O–H groups in total. The molecule has 0 saturated carbocycles. The first-order chi connectivity index (χ1) is 15.3. The number of ketones is 1. The first kappa shape index (κ1) is 20.8. The van der Waals surface area contributed by atoms with Gasteiger partial charge in [0, 0.05) is 62.7 Å². The molecule has 32 heavy (non-hydrogen) atoms. The van der Waals surface area contributed by atoms with Crippen LogP contribution in [0.15, 0.2) is 42.6 Å². The number of benzene rings is 2. The van der Waals surface area contributed by atoms with Crippen molar-refractivity contribution >= 4 is 34.3 Å². The predicted octanol–water partition coefficient (Wildman–Crippen LogP) is 4.68. The largest absolute Gasteiger partial charge is 0.486 e. The molecule has 8 heteroatoms. The van der Waals surface area contributed by atoms with Gasteiger partial charge in [-0.25, -0.2) is 9.18 Å². The number of hydrogen-bond donors (Lipinski definition) is 1. The molecule has 0 bridgehead atoms. The molecule has 5 rings (SSSR count). The summed E-state index contributed by atoms with van der Waals surface area (Å²) in [7, 11) is 1.94. The summed E-state index contributed by atoms with van der Waals surface area (Å²) in [6, 6.07) is 9.81. The average molecular weight is 456 g/mol. The third-order valence-corrected chi connectivity index (χ3v) is 6.77. The number of carbonyl (C=O) groups excluding carboxylic acids is 2. The highest BCUT2D eigenvalue weighted by molar-refractivity contribution is 6.35. The lowest BCUT2D eigenvalue weighted by atomic mass is 9.82. The highest BCUT2D eigenvalue weighted by atomic mass is 35.5. The van der Waals surface area contributed by atoms with E-state index in [1.54, 1.807) is 4.90 Å². The molecule has 2 aromatic carbocycles. The normalized spacial score (nSPS) is 17.3. The number of likely N-dealkylation sites (tertiary alicyclic amines) is 1. The number of aryl methyl sites for hydroxylation is 1. The number of urea groups is 1. The summed E-state index contributed by atoms with van der Waals surface area (Å²) in [4.78, 5) is 27.0. The van der Waals surface area contributed by atoms with Crippen LogP contribution in [-0.2, 0) is 13.6 Å². The minimum absolute atomic E-state index is 0.0425. The maximum atomic E-state index is 13.6. The topological polar surface area (TPSA) is 63.6 Å². The van der Waals surface area contributed by atoms with Crippen molar-refractivity contribution < 1.29 is 18.7 Å². The van der Waals surface area contributed by atoms with E-state index < -0.39 is 11.4 Å². The Balaban J connectivity index is 1.21. The molecule has 2 aliphatic rings. The van der Waals surface area contributed by atoms with E-state index in [0.29, 0.717) is 48.8 Å². The number of nitrogens with zero attached hydrogens (tertiary/aromatic N) is 2. The number of ether oxygens (including phenoxy) is 1. The van der Waals surface area contributed by atoms with E-state index in [-0.39, 0.29) is 18.2 Å². The summed E-state index contributed by atoms with van der Waals surface area (Å²) in [6.45, 7) is 1.32. The van der Waals surface area contributed by atoms with E-state index in [4.69, 9.17) is 16.3 Å². The molecule has 1 spiro atoms. The summed E-state index contributed by atoms with van der Waals surface area (Å²) >= 11 is 6.28. The van der Waals surface area contributed by atoms with Gasteiger partial charge < -0.3 is 19.5 Å². The molecule has 0 atom stereocenters. The number of halogens is 2. The van der Waals surface area contributed by atoms with E-state index >= 15 is 0 Å². The smallest absolute Gasteiger partial charge is 0.317 e. The van der Waals surface area contributed by atoms with Crippen LogP contribution in [0.25, 0.3) is 10.9 Å². The highest BCUT2D eigenvalue weighted by Gasteiger charge is 2.43. The van der Waals surface area contributed by atoms with Crippen LogP contribution >= 0.6 is 11.6 Å². The van der Waals surface area contributed by atoms with Crippen LogP contribution in [-0.4, -0.2) is 40.0 Å². The molecule has 1 fully saturated rings. The van der Waals surface area contributed by atoms with Crippen molar-refractivity contribution in [2.45, 2.75) is 31.4 Å². The van der Waals surface area contributed by atoms with Gasteiger partial charge >= 0.3 is 6.03 Å². The van der Waals surface area contributed by atoms with Crippen molar-refractivity contribution in [3.63, 3.8) is 0 Å². The number of nitrogens with one attached hydrogen (secondary N) is 1. The van der Waals surface area contributed by atoms with E-state index in [2.05, 4.69) is 5.32 Å². The Morgan fingerprint density at radius 2 is 2.00 bits per heavy atom. The van der Waals surface area contributed by atoms with Crippen LogP contribution < -0.4 is 10.1 Å². The first-order valence-corrected chi connectivity index (χ1v) is 11.0. The number of amides is 2.